The van der Waals surface area contributed by atoms with Crippen molar-refractivity contribution in [2.75, 3.05) is 6.61 Å². The lowest BCUT2D eigenvalue weighted by molar-refractivity contribution is 0.306. The molecular formula is C17H20N6O. The molecule has 24 heavy (non-hydrogen) atoms. The third-order valence-electron chi connectivity index (χ3n) is 4.18. The number of aromatic nitrogens is 5. The summed E-state index contributed by atoms with van der Waals surface area (Å²) < 4.78 is 9.87. The van der Waals surface area contributed by atoms with Crippen molar-refractivity contribution in [2.24, 2.45) is 5.73 Å². The molecule has 0 unspecified atom stereocenters. The van der Waals surface area contributed by atoms with Crippen LogP contribution in [0.1, 0.15) is 25.5 Å². The van der Waals surface area contributed by atoms with Crippen LogP contribution in [0.4, 0.5) is 0 Å². The van der Waals surface area contributed by atoms with E-state index in [9.17, 15) is 0 Å². The van der Waals surface area contributed by atoms with Crippen LogP contribution in [0, 0.1) is 0 Å². The second-order valence-electron chi connectivity index (χ2n) is 6.15. The molecule has 1 aliphatic heterocycles. The predicted octanol–water partition coefficient (Wildman–Crippen LogP) is 2.24. The van der Waals surface area contributed by atoms with E-state index >= 15 is 0 Å². The SMILES string of the molecule is CC(C)n1ncnc1-c1cn2c(n1)-c1ccc(CN)cc1OCC2. The van der Waals surface area contributed by atoms with E-state index in [4.69, 9.17) is 15.5 Å². The van der Waals surface area contributed by atoms with Crippen molar-refractivity contribution in [1.29, 1.82) is 0 Å². The van der Waals surface area contributed by atoms with Crippen LogP contribution in [0.15, 0.2) is 30.7 Å². The minimum Gasteiger partial charge on any atom is -0.491 e. The fourth-order valence-corrected chi connectivity index (χ4v) is 2.97. The van der Waals surface area contributed by atoms with E-state index in [1.807, 2.05) is 29.1 Å². The maximum atomic E-state index is 5.87. The summed E-state index contributed by atoms with van der Waals surface area (Å²) in [5.74, 6) is 2.50. The van der Waals surface area contributed by atoms with Gasteiger partial charge in [-0.15, -0.1) is 0 Å². The van der Waals surface area contributed by atoms with Gasteiger partial charge in [0.2, 0.25) is 0 Å². The molecule has 4 rings (SSSR count). The molecule has 7 nitrogen and oxygen atoms in total. The summed E-state index contributed by atoms with van der Waals surface area (Å²) in [6.07, 6.45) is 3.60. The van der Waals surface area contributed by atoms with E-state index in [1.54, 1.807) is 6.33 Å². The molecule has 1 aromatic carbocycles. The predicted molar refractivity (Wildman–Crippen MR) is 90.5 cm³/mol. The Labute approximate surface area is 140 Å². The standard InChI is InChI=1S/C17H20N6O/c1-11(2)23-17(19-10-20-23)14-9-22-5-6-24-15-7-12(8-18)3-4-13(15)16(22)21-14/h3-4,7,9-11H,5-6,8,18H2,1-2H3. The van der Waals surface area contributed by atoms with Gasteiger partial charge in [-0.2, -0.15) is 5.10 Å². The number of imidazole rings is 1. The van der Waals surface area contributed by atoms with Crippen molar-refractivity contribution in [1.82, 2.24) is 24.3 Å². The molecule has 1 aliphatic rings. The molecule has 3 aromatic rings. The maximum Gasteiger partial charge on any atom is 0.178 e. The van der Waals surface area contributed by atoms with Crippen molar-refractivity contribution in [3.05, 3.63) is 36.3 Å². The average molecular weight is 324 g/mol. The number of fused-ring (bicyclic) bond motifs is 3. The quantitative estimate of drug-likeness (QED) is 0.799. The molecule has 0 saturated heterocycles. The first-order valence-electron chi connectivity index (χ1n) is 8.10. The van der Waals surface area contributed by atoms with Gasteiger partial charge in [-0.05, 0) is 31.5 Å². The molecule has 0 fully saturated rings. The highest BCUT2D eigenvalue weighted by Crippen LogP contribution is 2.34. The Balaban J connectivity index is 1.83. The number of nitrogens with two attached hydrogens (primary N) is 1. The zero-order valence-electron chi connectivity index (χ0n) is 13.8. The number of benzene rings is 1. The fraction of sp³-hybridized carbons (Fsp3) is 0.353. The van der Waals surface area contributed by atoms with Gasteiger partial charge in [0, 0.05) is 18.8 Å². The third kappa shape index (κ3) is 2.37. The fourth-order valence-electron chi connectivity index (χ4n) is 2.97. The lowest BCUT2D eigenvalue weighted by atomic mass is 10.1. The van der Waals surface area contributed by atoms with Crippen LogP contribution < -0.4 is 10.5 Å². The minimum absolute atomic E-state index is 0.228. The van der Waals surface area contributed by atoms with Crippen LogP contribution >= 0.6 is 0 Å². The molecule has 0 spiro atoms. The van der Waals surface area contributed by atoms with Gasteiger partial charge in [0.05, 0.1) is 12.1 Å². The minimum atomic E-state index is 0.228. The highest BCUT2D eigenvalue weighted by molar-refractivity contribution is 5.68. The number of hydrogen-bond acceptors (Lipinski definition) is 5. The number of rotatable bonds is 3. The van der Waals surface area contributed by atoms with Crippen molar-refractivity contribution in [3.63, 3.8) is 0 Å². The molecule has 7 heteroatoms. The molecule has 0 saturated carbocycles. The molecule has 2 aromatic heterocycles. The average Bonchev–Trinajstić information content (AvgIpc) is 3.18. The molecule has 0 aliphatic carbocycles. The Bertz CT molecular complexity index is 879. The Morgan fingerprint density at radius 3 is 2.96 bits per heavy atom. The van der Waals surface area contributed by atoms with Gasteiger partial charge in [-0.1, -0.05) is 6.07 Å². The molecular weight excluding hydrogens is 304 g/mol. The lowest BCUT2D eigenvalue weighted by Crippen LogP contribution is -2.06. The van der Waals surface area contributed by atoms with Crippen molar-refractivity contribution in [3.8, 4) is 28.7 Å². The molecule has 124 valence electrons. The van der Waals surface area contributed by atoms with Gasteiger partial charge < -0.3 is 15.0 Å². The molecule has 3 heterocycles. The third-order valence-corrected chi connectivity index (χ3v) is 4.18. The highest BCUT2D eigenvalue weighted by Gasteiger charge is 2.21. The van der Waals surface area contributed by atoms with Gasteiger partial charge in [0.25, 0.3) is 0 Å². The molecule has 0 atom stereocenters. The van der Waals surface area contributed by atoms with Crippen LogP contribution in [0.5, 0.6) is 5.75 Å². The number of hydrogen-bond donors (Lipinski definition) is 1. The van der Waals surface area contributed by atoms with Gasteiger partial charge in [0.1, 0.15) is 30.2 Å². The Morgan fingerprint density at radius 2 is 2.17 bits per heavy atom. The smallest absolute Gasteiger partial charge is 0.178 e. The first kappa shape index (κ1) is 14.9. The van der Waals surface area contributed by atoms with Gasteiger partial charge in [0.15, 0.2) is 5.82 Å². The van der Waals surface area contributed by atoms with Gasteiger partial charge in [-0.25, -0.2) is 14.6 Å². The molecule has 0 radical (unpaired) electrons. The summed E-state index contributed by atoms with van der Waals surface area (Å²) in [7, 11) is 0. The van der Waals surface area contributed by atoms with E-state index in [0.29, 0.717) is 13.2 Å². The zero-order chi connectivity index (χ0) is 16.7. The zero-order valence-corrected chi connectivity index (χ0v) is 13.8. The van der Waals surface area contributed by atoms with Crippen LogP contribution in [0.2, 0.25) is 0 Å². The first-order chi connectivity index (χ1) is 11.7. The summed E-state index contributed by atoms with van der Waals surface area (Å²) in [4.78, 5) is 9.21. The Hall–Kier alpha value is -2.67. The Morgan fingerprint density at radius 1 is 1.29 bits per heavy atom. The van der Waals surface area contributed by atoms with Gasteiger partial charge >= 0.3 is 0 Å². The number of ether oxygens (including phenoxy) is 1. The second kappa shape index (κ2) is 5.76. The second-order valence-corrected chi connectivity index (χ2v) is 6.15. The maximum absolute atomic E-state index is 5.87. The Kier molecular flexibility index (Phi) is 3.57. The summed E-state index contributed by atoms with van der Waals surface area (Å²) in [5.41, 5.74) is 8.59. The molecule has 0 bridgehead atoms. The highest BCUT2D eigenvalue weighted by atomic mass is 16.5. The van der Waals surface area contributed by atoms with Crippen molar-refractivity contribution < 1.29 is 4.74 Å². The first-order valence-corrected chi connectivity index (χ1v) is 8.10. The lowest BCUT2D eigenvalue weighted by Gasteiger charge is -2.08. The summed E-state index contributed by atoms with van der Waals surface area (Å²) in [6, 6.07) is 6.27. The van der Waals surface area contributed by atoms with Crippen molar-refractivity contribution >= 4 is 0 Å². The largest absolute Gasteiger partial charge is 0.491 e. The van der Waals surface area contributed by atoms with Crippen LogP contribution in [-0.2, 0) is 13.1 Å². The monoisotopic (exact) mass is 324 g/mol. The summed E-state index contributed by atoms with van der Waals surface area (Å²) in [5, 5.41) is 4.30. The van der Waals surface area contributed by atoms with Crippen LogP contribution in [0.3, 0.4) is 0 Å². The summed E-state index contributed by atoms with van der Waals surface area (Å²) >= 11 is 0. The number of nitrogens with zero attached hydrogens (tertiary/aromatic N) is 5. The van der Waals surface area contributed by atoms with Crippen LogP contribution in [-0.4, -0.2) is 30.9 Å². The van der Waals surface area contributed by atoms with E-state index in [2.05, 4.69) is 28.5 Å². The van der Waals surface area contributed by atoms with Crippen molar-refractivity contribution in [2.45, 2.75) is 33.0 Å². The normalized spacial score (nSPS) is 13.3. The van der Waals surface area contributed by atoms with Gasteiger partial charge in [-0.3, -0.25) is 0 Å². The van der Waals surface area contributed by atoms with E-state index < -0.39 is 0 Å². The van der Waals surface area contributed by atoms with E-state index in [0.717, 1.165) is 40.8 Å². The molecule has 2 N–H and O–H groups in total. The van der Waals surface area contributed by atoms with E-state index in [1.165, 1.54) is 0 Å². The van der Waals surface area contributed by atoms with Crippen LogP contribution in [0.25, 0.3) is 22.9 Å². The van der Waals surface area contributed by atoms with E-state index in [-0.39, 0.29) is 6.04 Å². The summed E-state index contributed by atoms with van der Waals surface area (Å²) in [6.45, 7) is 5.99. The topological polar surface area (TPSA) is 83.8 Å². The molecule has 0 amide bonds.